The third kappa shape index (κ3) is 3.29. The van der Waals surface area contributed by atoms with Crippen LogP contribution in [0.3, 0.4) is 0 Å². The first kappa shape index (κ1) is 13.9. The number of benzene rings is 1. The van der Waals surface area contributed by atoms with Crippen molar-refractivity contribution >= 4 is 0 Å². The Balaban J connectivity index is 2.03. The first-order chi connectivity index (χ1) is 9.19. The van der Waals surface area contributed by atoms with E-state index in [1.807, 2.05) is 6.07 Å². The third-order valence-corrected chi connectivity index (χ3v) is 3.57. The van der Waals surface area contributed by atoms with E-state index in [1.165, 1.54) is 12.1 Å². The van der Waals surface area contributed by atoms with Gasteiger partial charge in [0.25, 0.3) is 0 Å². The summed E-state index contributed by atoms with van der Waals surface area (Å²) in [5.41, 5.74) is 0.543. The molecule has 1 fully saturated rings. The maximum atomic E-state index is 13.2. The number of halogens is 1. The summed E-state index contributed by atoms with van der Waals surface area (Å²) in [4.78, 5) is 0. The second-order valence-corrected chi connectivity index (χ2v) is 4.83. The number of aliphatic hydroxyl groups is 1. The molecule has 0 atom stereocenters. The molecule has 0 aromatic heterocycles. The number of ether oxygens (including phenoxy) is 1. The molecule has 2 N–H and O–H groups in total. The molecule has 0 spiro atoms. The largest absolute Gasteiger partial charge is 0.394 e. The Morgan fingerprint density at radius 2 is 2.16 bits per heavy atom. The second kappa shape index (κ2) is 6.11. The fourth-order valence-corrected chi connectivity index (χ4v) is 2.21. The maximum Gasteiger partial charge on any atom is 0.140 e. The number of nitriles is 1. The lowest BCUT2D eigenvalue weighted by Crippen LogP contribution is -2.51. The molecule has 0 amide bonds. The van der Waals surface area contributed by atoms with E-state index < -0.39 is 5.82 Å². The predicted octanol–water partition coefficient (Wildman–Crippen LogP) is 1.33. The second-order valence-electron chi connectivity index (χ2n) is 4.83. The molecule has 4 nitrogen and oxygen atoms in total. The minimum Gasteiger partial charge on any atom is -0.394 e. The molecule has 19 heavy (non-hydrogen) atoms. The van der Waals surface area contributed by atoms with E-state index in [0.717, 1.165) is 18.4 Å². The number of nitrogens with zero attached hydrogens (tertiary/aromatic N) is 1. The summed E-state index contributed by atoms with van der Waals surface area (Å²) >= 11 is 0. The topological polar surface area (TPSA) is 65.3 Å². The van der Waals surface area contributed by atoms with Gasteiger partial charge in [-0.2, -0.15) is 5.26 Å². The summed E-state index contributed by atoms with van der Waals surface area (Å²) in [7, 11) is 0. The van der Waals surface area contributed by atoms with E-state index in [1.54, 1.807) is 6.07 Å². The van der Waals surface area contributed by atoms with E-state index in [0.29, 0.717) is 19.8 Å². The monoisotopic (exact) mass is 264 g/mol. The summed E-state index contributed by atoms with van der Waals surface area (Å²) in [6, 6.07) is 6.30. The van der Waals surface area contributed by atoms with E-state index in [9.17, 15) is 9.50 Å². The van der Waals surface area contributed by atoms with Crippen molar-refractivity contribution in [2.24, 2.45) is 0 Å². The van der Waals surface area contributed by atoms with Crippen LogP contribution in [-0.4, -0.2) is 30.5 Å². The van der Waals surface area contributed by atoms with Gasteiger partial charge in [0.05, 0.1) is 12.2 Å². The van der Waals surface area contributed by atoms with Crippen molar-refractivity contribution in [2.75, 3.05) is 19.8 Å². The predicted molar refractivity (Wildman–Crippen MR) is 67.8 cm³/mol. The van der Waals surface area contributed by atoms with Gasteiger partial charge in [0, 0.05) is 25.3 Å². The van der Waals surface area contributed by atoms with E-state index >= 15 is 0 Å². The molecule has 1 heterocycles. The molecule has 1 aromatic rings. The minimum absolute atomic E-state index is 0.0443. The average molecular weight is 264 g/mol. The Morgan fingerprint density at radius 1 is 1.42 bits per heavy atom. The molecule has 1 aliphatic heterocycles. The van der Waals surface area contributed by atoms with Crippen LogP contribution in [0, 0.1) is 17.1 Å². The van der Waals surface area contributed by atoms with Gasteiger partial charge in [0.1, 0.15) is 11.9 Å². The van der Waals surface area contributed by atoms with Crippen LogP contribution in [0.2, 0.25) is 0 Å². The summed E-state index contributed by atoms with van der Waals surface area (Å²) in [5.74, 6) is -0.505. The van der Waals surface area contributed by atoms with Crippen LogP contribution < -0.4 is 5.32 Å². The van der Waals surface area contributed by atoms with Crippen molar-refractivity contribution in [3.8, 4) is 6.07 Å². The van der Waals surface area contributed by atoms with Crippen LogP contribution >= 0.6 is 0 Å². The lowest BCUT2D eigenvalue weighted by molar-refractivity contribution is 0.0111. The summed E-state index contributed by atoms with van der Waals surface area (Å²) in [5, 5.41) is 21.6. The standard InChI is InChI=1S/C14H17FN2O2/c15-13-2-1-11(7-12(13)8-16)9-17-14(10-18)3-5-19-6-4-14/h1-2,7,17-18H,3-6,9-10H2. The molecule has 0 unspecified atom stereocenters. The number of nitrogens with one attached hydrogen (secondary N) is 1. The number of rotatable bonds is 4. The van der Waals surface area contributed by atoms with Crippen LogP contribution in [0.1, 0.15) is 24.0 Å². The van der Waals surface area contributed by atoms with Crippen LogP contribution in [0.15, 0.2) is 18.2 Å². The summed E-state index contributed by atoms with van der Waals surface area (Å²) in [6.45, 7) is 1.79. The number of hydrogen-bond donors (Lipinski definition) is 2. The SMILES string of the molecule is N#Cc1cc(CNC2(CO)CCOCC2)ccc1F. The average Bonchev–Trinajstić information content (AvgIpc) is 2.47. The molecule has 1 aromatic carbocycles. The molecule has 0 aliphatic carbocycles. The number of hydrogen-bond acceptors (Lipinski definition) is 4. The first-order valence-corrected chi connectivity index (χ1v) is 6.31. The molecule has 102 valence electrons. The maximum absolute atomic E-state index is 13.2. The molecule has 0 bridgehead atoms. The Morgan fingerprint density at radius 3 is 2.79 bits per heavy atom. The normalized spacial score (nSPS) is 17.9. The highest BCUT2D eigenvalue weighted by Gasteiger charge is 2.31. The van der Waals surface area contributed by atoms with Gasteiger partial charge in [0.15, 0.2) is 0 Å². The lowest BCUT2D eigenvalue weighted by atomic mass is 9.90. The lowest BCUT2D eigenvalue weighted by Gasteiger charge is -2.36. The number of aliphatic hydroxyl groups excluding tert-OH is 1. The van der Waals surface area contributed by atoms with E-state index in [2.05, 4.69) is 5.32 Å². The molecule has 0 saturated carbocycles. The van der Waals surface area contributed by atoms with Gasteiger partial charge in [-0.05, 0) is 30.5 Å². The van der Waals surface area contributed by atoms with Crippen molar-refractivity contribution in [3.05, 3.63) is 35.1 Å². The highest BCUT2D eigenvalue weighted by Crippen LogP contribution is 2.21. The molecule has 1 saturated heterocycles. The van der Waals surface area contributed by atoms with Crippen molar-refractivity contribution < 1.29 is 14.2 Å². The zero-order valence-electron chi connectivity index (χ0n) is 10.7. The van der Waals surface area contributed by atoms with Crippen LogP contribution in [0.4, 0.5) is 4.39 Å². The molecule has 1 aliphatic rings. The quantitative estimate of drug-likeness (QED) is 0.861. The van der Waals surface area contributed by atoms with E-state index in [-0.39, 0.29) is 17.7 Å². The Bertz CT molecular complexity index is 479. The molecule has 0 radical (unpaired) electrons. The van der Waals surface area contributed by atoms with Gasteiger partial charge in [0.2, 0.25) is 0 Å². The van der Waals surface area contributed by atoms with Gasteiger partial charge in [-0.3, -0.25) is 0 Å². The van der Waals surface area contributed by atoms with Crippen LogP contribution in [-0.2, 0) is 11.3 Å². The summed E-state index contributed by atoms with van der Waals surface area (Å²) < 4.78 is 18.5. The Kier molecular flexibility index (Phi) is 4.48. The molecular weight excluding hydrogens is 247 g/mol. The van der Waals surface area contributed by atoms with Gasteiger partial charge >= 0.3 is 0 Å². The molecule has 2 rings (SSSR count). The fourth-order valence-electron chi connectivity index (χ4n) is 2.21. The highest BCUT2D eigenvalue weighted by atomic mass is 19.1. The molecule has 5 heteroatoms. The zero-order chi connectivity index (χ0) is 13.7. The summed E-state index contributed by atoms with van der Waals surface area (Å²) in [6.07, 6.45) is 1.49. The first-order valence-electron chi connectivity index (χ1n) is 6.31. The highest BCUT2D eigenvalue weighted by molar-refractivity contribution is 5.34. The van der Waals surface area contributed by atoms with Crippen molar-refractivity contribution in [3.63, 3.8) is 0 Å². The van der Waals surface area contributed by atoms with Crippen molar-refractivity contribution in [1.29, 1.82) is 5.26 Å². The third-order valence-electron chi connectivity index (χ3n) is 3.57. The Labute approximate surface area is 111 Å². The van der Waals surface area contributed by atoms with Crippen molar-refractivity contribution in [2.45, 2.75) is 24.9 Å². The van der Waals surface area contributed by atoms with Gasteiger partial charge in [-0.15, -0.1) is 0 Å². The van der Waals surface area contributed by atoms with E-state index in [4.69, 9.17) is 10.00 Å². The van der Waals surface area contributed by atoms with Crippen LogP contribution in [0.5, 0.6) is 0 Å². The van der Waals surface area contributed by atoms with Gasteiger partial charge < -0.3 is 15.2 Å². The fraction of sp³-hybridized carbons (Fsp3) is 0.500. The molecular formula is C14H17FN2O2. The Hall–Kier alpha value is -1.48. The van der Waals surface area contributed by atoms with Crippen molar-refractivity contribution in [1.82, 2.24) is 5.32 Å². The van der Waals surface area contributed by atoms with Gasteiger partial charge in [-0.25, -0.2) is 4.39 Å². The smallest absolute Gasteiger partial charge is 0.140 e. The zero-order valence-corrected chi connectivity index (χ0v) is 10.7. The van der Waals surface area contributed by atoms with Gasteiger partial charge in [-0.1, -0.05) is 6.07 Å². The van der Waals surface area contributed by atoms with Crippen LogP contribution in [0.25, 0.3) is 0 Å². The minimum atomic E-state index is -0.505.